The number of carbonyl (C=O) groups is 1. The molecule has 1 aromatic rings. The Balaban J connectivity index is 2.05. The summed E-state index contributed by atoms with van der Waals surface area (Å²) in [5.74, 6) is -0.101. The SMILES string of the molecule is Nc1cc(C(=O)NC2CCCC2)ccc1O. The average molecular weight is 220 g/mol. The van der Waals surface area contributed by atoms with Crippen molar-refractivity contribution in [2.24, 2.45) is 0 Å². The van der Waals surface area contributed by atoms with Gasteiger partial charge in [-0.15, -0.1) is 0 Å². The molecule has 0 heterocycles. The molecule has 1 aliphatic rings. The van der Waals surface area contributed by atoms with Crippen molar-refractivity contribution in [3.63, 3.8) is 0 Å². The molecule has 2 rings (SSSR count). The molecule has 16 heavy (non-hydrogen) atoms. The van der Waals surface area contributed by atoms with E-state index < -0.39 is 0 Å². The number of nitrogens with two attached hydrogens (primary N) is 1. The Morgan fingerprint density at radius 1 is 1.38 bits per heavy atom. The van der Waals surface area contributed by atoms with Gasteiger partial charge in [0.2, 0.25) is 0 Å². The third kappa shape index (κ3) is 2.27. The molecule has 0 radical (unpaired) electrons. The molecule has 0 spiro atoms. The Hall–Kier alpha value is -1.71. The van der Waals surface area contributed by atoms with Gasteiger partial charge in [0.15, 0.2) is 0 Å². The number of hydrogen-bond acceptors (Lipinski definition) is 3. The molecule has 1 amide bonds. The fourth-order valence-corrected chi connectivity index (χ4v) is 2.03. The standard InChI is InChI=1S/C12H16N2O2/c13-10-7-8(5-6-11(10)15)12(16)14-9-3-1-2-4-9/h5-7,9,15H,1-4,13H2,(H,14,16). The van der Waals surface area contributed by atoms with Crippen molar-refractivity contribution in [3.8, 4) is 5.75 Å². The molecular weight excluding hydrogens is 204 g/mol. The van der Waals surface area contributed by atoms with Gasteiger partial charge >= 0.3 is 0 Å². The first kappa shape index (κ1) is 10.8. The number of hydrogen-bond donors (Lipinski definition) is 3. The number of amides is 1. The summed E-state index contributed by atoms with van der Waals surface area (Å²) in [7, 11) is 0. The Morgan fingerprint density at radius 3 is 2.69 bits per heavy atom. The van der Waals surface area contributed by atoms with Crippen LogP contribution in [0.25, 0.3) is 0 Å². The quantitative estimate of drug-likeness (QED) is 0.524. The average Bonchev–Trinajstić information content (AvgIpc) is 2.74. The normalized spacial score (nSPS) is 16.2. The third-order valence-corrected chi connectivity index (χ3v) is 2.98. The lowest BCUT2D eigenvalue weighted by atomic mass is 10.1. The summed E-state index contributed by atoms with van der Waals surface area (Å²) < 4.78 is 0. The minimum Gasteiger partial charge on any atom is -0.506 e. The predicted molar refractivity (Wildman–Crippen MR) is 62.2 cm³/mol. The first-order valence-electron chi connectivity index (χ1n) is 5.56. The fraction of sp³-hybridized carbons (Fsp3) is 0.417. The second kappa shape index (κ2) is 4.43. The van der Waals surface area contributed by atoms with Crippen LogP contribution in [0.15, 0.2) is 18.2 Å². The molecule has 1 saturated carbocycles. The van der Waals surface area contributed by atoms with E-state index in [9.17, 15) is 9.90 Å². The summed E-state index contributed by atoms with van der Waals surface area (Å²) >= 11 is 0. The zero-order valence-electron chi connectivity index (χ0n) is 9.07. The summed E-state index contributed by atoms with van der Waals surface area (Å²) in [6.45, 7) is 0. The first-order valence-corrected chi connectivity index (χ1v) is 5.56. The molecule has 4 heteroatoms. The Kier molecular flexibility index (Phi) is 2.99. The fourth-order valence-electron chi connectivity index (χ4n) is 2.03. The Morgan fingerprint density at radius 2 is 2.06 bits per heavy atom. The van der Waals surface area contributed by atoms with E-state index in [1.54, 1.807) is 6.07 Å². The van der Waals surface area contributed by atoms with Gasteiger partial charge in [0.25, 0.3) is 5.91 Å². The number of phenols is 1. The highest BCUT2D eigenvalue weighted by molar-refractivity contribution is 5.95. The Labute approximate surface area is 94.5 Å². The molecule has 1 aliphatic carbocycles. The number of benzene rings is 1. The van der Waals surface area contributed by atoms with Crippen molar-refractivity contribution in [3.05, 3.63) is 23.8 Å². The molecule has 86 valence electrons. The van der Waals surface area contributed by atoms with Crippen LogP contribution in [-0.2, 0) is 0 Å². The highest BCUT2D eigenvalue weighted by atomic mass is 16.3. The minimum absolute atomic E-state index is 0.0115. The van der Waals surface area contributed by atoms with Gasteiger partial charge in [-0.25, -0.2) is 0 Å². The number of carbonyl (C=O) groups excluding carboxylic acids is 1. The van der Waals surface area contributed by atoms with Crippen molar-refractivity contribution in [1.29, 1.82) is 0 Å². The number of anilines is 1. The van der Waals surface area contributed by atoms with E-state index in [1.807, 2.05) is 0 Å². The van der Waals surface area contributed by atoms with Crippen LogP contribution in [0.4, 0.5) is 5.69 Å². The van der Waals surface area contributed by atoms with Crippen LogP contribution in [0.2, 0.25) is 0 Å². The van der Waals surface area contributed by atoms with Gasteiger partial charge in [-0.05, 0) is 31.0 Å². The highest BCUT2D eigenvalue weighted by Gasteiger charge is 2.18. The van der Waals surface area contributed by atoms with Crippen LogP contribution >= 0.6 is 0 Å². The predicted octanol–water partition coefficient (Wildman–Crippen LogP) is 1.65. The minimum atomic E-state index is -0.112. The van der Waals surface area contributed by atoms with Crippen LogP contribution in [0, 0.1) is 0 Å². The van der Waals surface area contributed by atoms with Gasteiger partial charge < -0.3 is 16.2 Å². The number of rotatable bonds is 2. The molecule has 0 bridgehead atoms. The van der Waals surface area contributed by atoms with Crippen LogP contribution < -0.4 is 11.1 Å². The van der Waals surface area contributed by atoms with Crippen molar-refractivity contribution in [1.82, 2.24) is 5.32 Å². The lowest BCUT2D eigenvalue weighted by Gasteiger charge is -2.12. The molecule has 0 unspecified atom stereocenters. The molecule has 1 fully saturated rings. The monoisotopic (exact) mass is 220 g/mol. The zero-order valence-corrected chi connectivity index (χ0v) is 9.07. The van der Waals surface area contributed by atoms with Gasteiger partial charge in [-0.2, -0.15) is 0 Å². The number of phenolic OH excluding ortho intramolecular Hbond substituents is 1. The van der Waals surface area contributed by atoms with Gasteiger partial charge in [0.1, 0.15) is 5.75 Å². The van der Waals surface area contributed by atoms with E-state index in [2.05, 4.69) is 5.32 Å². The molecule has 0 aliphatic heterocycles. The van der Waals surface area contributed by atoms with E-state index >= 15 is 0 Å². The molecular formula is C12H16N2O2. The third-order valence-electron chi connectivity index (χ3n) is 2.98. The number of nitrogen functional groups attached to an aromatic ring is 1. The highest BCUT2D eigenvalue weighted by Crippen LogP contribution is 2.21. The topological polar surface area (TPSA) is 75.4 Å². The zero-order chi connectivity index (χ0) is 11.5. The van der Waals surface area contributed by atoms with Crippen LogP contribution in [0.1, 0.15) is 36.0 Å². The molecule has 1 aromatic carbocycles. The van der Waals surface area contributed by atoms with E-state index in [0.29, 0.717) is 11.6 Å². The van der Waals surface area contributed by atoms with Crippen molar-refractivity contribution in [2.45, 2.75) is 31.7 Å². The molecule has 0 atom stereocenters. The van der Waals surface area contributed by atoms with Crippen LogP contribution in [0.3, 0.4) is 0 Å². The molecule has 4 nitrogen and oxygen atoms in total. The van der Waals surface area contributed by atoms with E-state index in [0.717, 1.165) is 12.8 Å². The maximum absolute atomic E-state index is 11.8. The van der Waals surface area contributed by atoms with Crippen molar-refractivity contribution in [2.75, 3.05) is 5.73 Å². The van der Waals surface area contributed by atoms with E-state index in [4.69, 9.17) is 5.73 Å². The van der Waals surface area contributed by atoms with Crippen LogP contribution in [0.5, 0.6) is 5.75 Å². The van der Waals surface area contributed by atoms with Crippen molar-refractivity contribution >= 4 is 11.6 Å². The van der Waals surface area contributed by atoms with Gasteiger partial charge in [0.05, 0.1) is 5.69 Å². The lowest BCUT2D eigenvalue weighted by Crippen LogP contribution is -2.32. The van der Waals surface area contributed by atoms with E-state index in [-0.39, 0.29) is 17.3 Å². The lowest BCUT2D eigenvalue weighted by molar-refractivity contribution is 0.0938. The number of nitrogens with one attached hydrogen (secondary N) is 1. The van der Waals surface area contributed by atoms with E-state index in [1.165, 1.54) is 25.0 Å². The second-order valence-electron chi connectivity index (χ2n) is 4.23. The molecule has 4 N–H and O–H groups in total. The summed E-state index contributed by atoms with van der Waals surface area (Å²) in [6.07, 6.45) is 4.48. The van der Waals surface area contributed by atoms with Gasteiger partial charge in [-0.3, -0.25) is 4.79 Å². The Bertz CT molecular complexity index is 398. The number of aromatic hydroxyl groups is 1. The van der Waals surface area contributed by atoms with Gasteiger partial charge in [0, 0.05) is 11.6 Å². The molecule has 0 saturated heterocycles. The largest absolute Gasteiger partial charge is 0.506 e. The second-order valence-corrected chi connectivity index (χ2v) is 4.23. The summed E-state index contributed by atoms with van der Waals surface area (Å²) in [6, 6.07) is 4.82. The maximum atomic E-state index is 11.8. The smallest absolute Gasteiger partial charge is 0.251 e. The first-order chi connectivity index (χ1) is 7.66. The van der Waals surface area contributed by atoms with Crippen LogP contribution in [-0.4, -0.2) is 17.1 Å². The van der Waals surface area contributed by atoms with Crippen molar-refractivity contribution < 1.29 is 9.90 Å². The maximum Gasteiger partial charge on any atom is 0.251 e. The summed E-state index contributed by atoms with van der Waals surface area (Å²) in [4.78, 5) is 11.8. The summed E-state index contributed by atoms with van der Waals surface area (Å²) in [5.41, 5.74) is 6.27. The molecule has 0 aromatic heterocycles. The van der Waals surface area contributed by atoms with Gasteiger partial charge in [-0.1, -0.05) is 12.8 Å². The summed E-state index contributed by atoms with van der Waals surface area (Å²) in [5, 5.41) is 12.2.